The van der Waals surface area contributed by atoms with E-state index in [1.165, 1.54) is 16.7 Å². The van der Waals surface area contributed by atoms with Crippen molar-refractivity contribution in [3.05, 3.63) is 34.4 Å². The second-order valence-corrected chi connectivity index (χ2v) is 6.13. The molecule has 1 heterocycles. The predicted octanol–water partition coefficient (Wildman–Crippen LogP) is 2.31. The van der Waals surface area contributed by atoms with E-state index in [0.717, 1.165) is 18.8 Å². The van der Waals surface area contributed by atoms with Gasteiger partial charge in [-0.3, -0.25) is 4.79 Å². The van der Waals surface area contributed by atoms with Crippen molar-refractivity contribution < 1.29 is 9.53 Å². The average molecular weight is 261 g/mol. The number of benzene rings is 1. The molecule has 0 saturated carbocycles. The summed E-state index contributed by atoms with van der Waals surface area (Å²) in [7, 11) is 0. The lowest BCUT2D eigenvalue weighted by atomic mass is 9.88. The van der Waals surface area contributed by atoms with Crippen LogP contribution in [-0.2, 0) is 16.0 Å². The highest BCUT2D eigenvalue weighted by Crippen LogP contribution is 2.25. The number of carbonyl (C=O) groups excluding carboxylic acids is 1. The molecule has 1 aliphatic heterocycles. The largest absolute Gasteiger partial charge is 0.380 e. The molecule has 0 atom stereocenters. The number of hydrogen-bond acceptors (Lipinski definition) is 2. The van der Waals surface area contributed by atoms with E-state index in [4.69, 9.17) is 4.74 Å². The van der Waals surface area contributed by atoms with Gasteiger partial charge in [-0.25, -0.2) is 0 Å². The van der Waals surface area contributed by atoms with Crippen molar-refractivity contribution in [2.45, 2.75) is 34.1 Å². The standard InChI is InChI=1S/C16H23NO2/c1-11-5-12(2)14(13(3)6-11)7-15(18)17-8-16(4)9-19-10-16/h5-6H,7-10H2,1-4H3,(H,17,18). The van der Waals surface area contributed by atoms with E-state index in [2.05, 4.69) is 45.1 Å². The average Bonchev–Trinajstić information content (AvgIpc) is 2.28. The Balaban J connectivity index is 1.95. The summed E-state index contributed by atoms with van der Waals surface area (Å²) in [5.74, 6) is 0.100. The van der Waals surface area contributed by atoms with Crippen LogP contribution in [0, 0.1) is 26.2 Å². The Hall–Kier alpha value is -1.35. The van der Waals surface area contributed by atoms with Gasteiger partial charge < -0.3 is 10.1 Å². The van der Waals surface area contributed by atoms with Gasteiger partial charge in [-0.1, -0.05) is 24.6 Å². The molecule has 104 valence electrons. The number of rotatable bonds is 4. The normalized spacial score (nSPS) is 16.8. The van der Waals surface area contributed by atoms with Crippen LogP contribution in [0.1, 0.15) is 29.2 Å². The molecule has 1 aliphatic rings. The summed E-state index contributed by atoms with van der Waals surface area (Å²) in [6.07, 6.45) is 0.467. The van der Waals surface area contributed by atoms with Crippen molar-refractivity contribution in [2.75, 3.05) is 19.8 Å². The molecule has 0 radical (unpaired) electrons. The van der Waals surface area contributed by atoms with Crippen molar-refractivity contribution in [2.24, 2.45) is 5.41 Å². The Morgan fingerprint density at radius 3 is 2.32 bits per heavy atom. The van der Waals surface area contributed by atoms with E-state index >= 15 is 0 Å². The van der Waals surface area contributed by atoms with Gasteiger partial charge in [0.15, 0.2) is 0 Å². The molecule has 1 N–H and O–H groups in total. The van der Waals surface area contributed by atoms with Crippen LogP contribution in [0.25, 0.3) is 0 Å². The van der Waals surface area contributed by atoms with E-state index in [0.29, 0.717) is 13.0 Å². The van der Waals surface area contributed by atoms with E-state index in [9.17, 15) is 4.79 Å². The number of nitrogens with one attached hydrogen (secondary N) is 1. The Morgan fingerprint density at radius 2 is 1.84 bits per heavy atom. The third-order valence-corrected chi connectivity index (χ3v) is 3.79. The lowest BCUT2D eigenvalue weighted by Gasteiger charge is -2.38. The number of aryl methyl sites for hydroxylation is 3. The van der Waals surface area contributed by atoms with Crippen LogP contribution in [0.5, 0.6) is 0 Å². The Morgan fingerprint density at radius 1 is 1.26 bits per heavy atom. The van der Waals surface area contributed by atoms with Gasteiger partial charge in [0.25, 0.3) is 0 Å². The van der Waals surface area contributed by atoms with Crippen LogP contribution in [0.2, 0.25) is 0 Å². The molecule has 1 saturated heterocycles. The first-order valence-corrected chi connectivity index (χ1v) is 6.81. The van der Waals surface area contributed by atoms with Gasteiger partial charge in [-0.05, 0) is 37.5 Å². The van der Waals surface area contributed by atoms with Crippen molar-refractivity contribution in [3.8, 4) is 0 Å². The van der Waals surface area contributed by atoms with Crippen LogP contribution in [0.15, 0.2) is 12.1 Å². The fourth-order valence-corrected chi connectivity index (χ4v) is 2.58. The smallest absolute Gasteiger partial charge is 0.224 e. The van der Waals surface area contributed by atoms with Crippen LogP contribution in [-0.4, -0.2) is 25.7 Å². The maximum Gasteiger partial charge on any atom is 0.224 e. The molecule has 1 aromatic rings. The zero-order valence-electron chi connectivity index (χ0n) is 12.3. The third-order valence-electron chi connectivity index (χ3n) is 3.79. The molecular weight excluding hydrogens is 238 g/mol. The maximum atomic E-state index is 12.0. The van der Waals surface area contributed by atoms with Gasteiger partial charge >= 0.3 is 0 Å². The van der Waals surface area contributed by atoms with Crippen molar-refractivity contribution >= 4 is 5.91 Å². The highest BCUT2D eigenvalue weighted by atomic mass is 16.5. The molecule has 0 bridgehead atoms. The summed E-state index contributed by atoms with van der Waals surface area (Å²) in [5, 5.41) is 3.02. The highest BCUT2D eigenvalue weighted by molar-refractivity contribution is 5.79. The minimum absolute atomic E-state index is 0.100. The summed E-state index contributed by atoms with van der Waals surface area (Å²) in [6.45, 7) is 10.6. The van der Waals surface area contributed by atoms with E-state index in [-0.39, 0.29) is 11.3 Å². The lowest BCUT2D eigenvalue weighted by molar-refractivity contribution is -0.126. The van der Waals surface area contributed by atoms with Crippen LogP contribution >= 0.6 is 0 Å². The molecule has 0 aromatic heterocycles. The Bertz CT molecular complexity index is 467. The second-order valence-electron chi connectivity index (χ2n) is 6.13. The van der Waals surface area contributed by atoms with Crippen LogP contribution in [0.3, 0.4) is 0 Å². The number of ether oxygens (including phenoxy) is 1. The first-order chi connectivity index (χ1) is 8.89. The monoisotopic (exact) mass is 261 g/mol. The second kappa shape index (κ2) is 5.33. The van der Waals surface area contributed by atoms with Gasteiger partial charge in [-0.15, -0.1) is 0 Å². The van der Waals surface area contributed by atoms with Gasteiger partial charge in [0, 0.05) is 12.0 Å². The summed E-state index contributed by atoms with van der Waals surface area (Å²) < 4.78 is 5.19. The predicted molar refractivity (Wildman–Crippen MR) is 76.3 cm³/mol. The number of hydrogen-bond donors (Lipinski definition) is 1. The molecule has 0 spiro atoms. The SMILES string of the molecule is Cc1cc(C)c(CC(=O)NCC2(C)COC2)c(C)c1. The van der Waals surface area contributed by atoms with Crippen molar-refractivity contribution in [1.82, 2.24) is 5.32 Å². The zero-order chi connectivity index (χ0) is 14.0. The number of amides is 1. The van der Waals surface area contributed by atoms with Gasteiger partial charge in [0.05, 0.1) is 19.6 Å². The molecule has 0 unspecified atom stereocenters. The Kier molecular flexibility index (Phi) is 3.95. The molecule has 1 fully saturated rings. The molecule has 19 heavy (non-hydrogen) atoms. The van der Waals surface area contributed by atoms with E-state index in [1.807, 2.05) is 0 Å². The van der Waals surface area contributed by atoms with Crippen molar-refractivity contribution in [3.63, 3.8) is 0 Å². The minimum Gasteiger partial charge on any atom is -0.380 e. The van der Waals surface area contributed by atoms with Crippen LogP contribution in [0.4, 0.5) is 0 Å². The molecule has 1 amide bonds. The van der Waals surface area contributed by atoms with Crippen molar-refractivity contribution in [1.29, 1.82) is 0 Å². The minimum atomic E-state index is 0.100. The van der Waals surface area contributed by atoms with E-state index < -0.39 is 0 Å². The quantitative estimate of drug-likeness (QED) is 0.903. The topological polar surface area (TPSA) is 38.3 Å². The Labute approximate surface area is 115 Å². The first-order valence-electron chi connectivity index (χ1n) is 6.81. The molecule has 3 nitrogen and oxygen atoms in total. The fourth-order valence-electron chi connectivity index (χ4n) is 2.58. The molecule has 2 rings (SSSR count). The summed E-state index contributed by atoms with van der Waals surface area (Å²) in [5.41, 5.74) is 4.93. The molecular formula is C16H23NO2. The van der Waals surface area contributed by atoms with Gasteiger partial charge in [-0.2, -0.15) is 0 Å². The van der Waals surface area contributed by atoms with Gasteiger partial charge in [0.1, 0.15) is 0 Å². The summed E-state index contributed by atoms with van der Waals surface area (Å²) in [6, 6.07) is 4.27. The zero-order valence-corrected chi connectivity index (χ0v) is 12.3. The third kappa shape index (κ3) is 3.35. The first kappa shape index (κ1) is 14.1. The van der Waals surface area contributed by atoms with Gasteiger partial charge in [0.2, 0.25) is 5.91 Å². The maximum absolute atomic E-state index is 12.0. The summed E-state index contributed by atoms with van der Waals surface area (Å²) >= 11 is 0. The summed E-state index contributed by atoms with van der Waals surface area (Å²) in [4.78, 5) is 12.0. The van der Waals surface area contributed by atoms with Crippen LogP contribution < -0.4 is 5.32 Å². The molecule has 3 heteroatoms. The molecule has 0 aliphatic carbocycles. The number of carbonyl (C=O) groups is 1. The lowest BCUT2D eigenvalue weighted by Crippen LogP contribution is -2.48. The molecule has 1 aromatic carbocycles. The van der Waals surface area contributed by atoms with E-state index in [1.54, 1.807) is 0 Å². The highest BCUT2D eigenvalue weighted by Gasteiger charge is 2.33. The fraction of sp³-hybridized carbons (Fsp3) is 0.562.